The van der Waals surface area contributed by atoms with E-state index in [0.717, 1.165) is 5.56 Å². The Morgan fingerprint density at radius 2 is 1.94 bits per heavy atom. The topological polar surface area (TPSA) is 3.88 Å². The molecule has 2 rings (SSSR count). The minimum Gasteiger partial charge on any atom is -0.201 e. The summed E-state index contributed by atoms with van der Waals surface area (Å²) in [5.74, 6) is -2.73. The highest BCUT2D eigenvalue weighted by Crippen LogP contribution is 2.27. The Hall–Kier alpha value is -1.63. The molecule has 1 aromatic heterocycles. The second-order valence-electron chi connectivity index (χ2n) is 4.07. The molecule has 0 amide bonds. The molecule has 0 atom stereocenters. The SMILES string of the molecule is [2H]C([2H])([2H])C([2H])(c1ccc[n+](C)c1-c1ccccc1C)C([2H])([2H])[2H]. The third-order valence-electron chi connectivity index (χ3n) is 2.85. The summed E-state index contributed by atoms with van der Waals surface area (Å²) in [7, 11) is 1.71. The van der Waals surface area contributed by atoms with Gasteiger partial charge in [0.25, 0.3) is 0 Å². The highest BCUT2D eigenvalue weighted by molar-refractivity contribution is 5.64. The standard InChI is InChI=1S/C16H20N/c1-12(2)14-10-7-11-17(4)16(14)15-9-6-5-8-13(15)3/h5-12H,1-4H3/q+1/i1D3,2D3,12D. The number of hydrogen-bond acceptors (Lipinski definition) is 0. The number of nitrogens with zero attached hydrogens (tertiary/aromatic N) is 1. The van der Waals surface area contributed by atoms with Gasteiger partial charge in [0.1, 0.15) is 7.05 Å². The Bertz CT molecular complexity index is 733. The van der Waals surface area contributed by atoms with Crippen LogP contribution in [-0.2, 0) is 7.05 Å². The summed E-state index contributed by atoms with van der Waals surface area (Å²) in [4.78, 5) is 0. The minimum absolute atomic E-state index is 0.0261. The van der Waals surface area contributed by atoms with Crippen molar-refractivity contribution < 1.29 is 14.2 Å². The highest BCUT2D eigenvalue weighted by Gasteiger charge is 2.18. The second kappa shape index (κ2) is 4.70. The van der Waals surface area contributed by atoms with Crippen molar-refractivity contribution in [3.63, 3.8) is 0 Å². The van der Waals surface area contributed by atoms with Crippen molar-refractivity contribution in [3.05, 3.63) is 53.7 Å². The average molecular weight is 233 g/mol. The maximum absolute atomic E-state index is 8.48. The molecule has 0 aliphatic carbocycles. The number of aromatic nitrogens is 1. The molecule has 1 nitrogen and oxygen atoms in total. The fourth-order valence-electron chi connectivity index (χ4n) is 1.99. The zero-order valence-electron chi connectivity index (χ0n) is 17.0. The van der Waals surface area contributed by atoms with Crippen LogP contribution in [-0.4, -0.2) is 0 Å². The first-order valence-corrected chi connectivity index (χ1v) is 5.46. The molecule has 0 radical (unpaired) electrons. The first-order chi connectivity index (χ1) is 10.9. The van der Waals surface area contributed by atoms with Crippen LogP contribution in [0.25, 0.3) is 11.3 Å². The van der Waals surface area contributed by atoms with E-state index in [2.05, 4.69) is 0 Å². The minimum atomic E-state index is -3.01. The Morgan fingerprint density at radius 1 is 1.18 bits per heavy atom. The molecule has 1 heterocycles. The zero-order chi connectivity index (χ0) is 18.3. The van der Waals surface area contributed by atoms with Crippen molar-refractivity contribution in [1.29, 1.82) is 0 Å². The summed E-state index contributed by atoms with van der Waals surface area (Å²) in [6.45, 7) is -4.16. The average Bonchev–Trinajstić information content (AvgIpc) is 2.45. The van der Waals surface area contributed by atoms with Crippen LogP contribution in [0.3, 0.4) is 0 Å². The molecule has 1 aromatic carbocycles. The summed E-state index contributed by atoms with van der Waals surface area (Å²) in [5.41, 5.74) is 1.99. The number of aryl methyl sites for hydroxylation is 2. The van der Waals surface area contributed by atoms with E-state index in [-0.39, 0.29) is 5.56 Å². The van der Waals surface area contributed by atoms with Crippen molar-refractivity contribution in [2.75, 3.05) is 0 Å². The Labute approximate surface area is 114 Å². The van der Waals surface area contributed by atoms with E-state index in [1.54, 1.807) is 36.0 Å². The summed E-state index contributed by atoms with van der Waals surface area (Å²) in [6, 6.07) is 10.3. The molecular weight excluding hydrogens is 206 g/mol. The van der Waals surface area contributed by atoms with Gasteiger partial charge in [0.15, 0.2) is 6.20 Å². The molecule has 17 heavy (non-hydrogen) atoms. The molecule has 0 N–H and O–H groups in total. The normalized spacial score (nSPS) is 19.1. The van der Waals surface area contributed by atoms with Crippen LogP contribution in [0, 0.1) is 6.92 Å². The monoisotopic (exact) mass is 233 g/mol. The van der Waals surface area contributed by atoms with Crippen LogP contribution < -0.4 is 4.57 Å². The van der Waals surface area contributed by atoms with Crippen molar-refractivity contribution in [1.82, 2.24) is 0 Å². The second-order valence-corrected chi connectivity index (χ2v) is 4.07. The molecule has 0 fully saturated rings. The summed E-state index contributed by atoms with van der Waals surface area (Å²) >= 11 is 0. The number of pyridine rings is 1. The molecule has 1 heteroatoms. The van der Waals surface area contributed by atoms with E-state index < -0.39 is 19.6 Å². The highest BCUT2D eigenvalue weighted by atomic mass is 14.9. The largest absolute Gasteiger partial charge is 0.215 e. The van der Waals surface area contributed by atoms with Gasteiger partial charge in [-0.05, 0) is 30.5 Å². The van der Waals surface area contributed by atoms with Crippen LogP contribution in [0.15, 0.2) is 42.6 Å². The summed E-state index contributed by atoms with van der Waals surface area (Å²) < 4.78 is 56.6. The fourth-order valence-corrected chi connectivity index (χ4v) is 1.99. The molecule has 0 saturated heterocycles. The van der Waals surface area contributed by atoms with Crippen molar-refractivity contribution in [2.24, 2.45) is 7.05 Å². The van der Waals surface area contributed by atoms with Crippen molar-refractivity contribution in [3.8, 4) is 11.3 Å². The van der Waals surface area contributed by atoms with E-state index in [9.17, 15) is 0 Å². The number of hydrogen-bond donors (Lipinski definition) is 0. The molecule has 0 aliphatic heterocycles. The maximum atomic E-state index is 8.48. The van der Waals surface area contributed by atoms with E-state index in [4.69, 9.17) is 9.60 Å². The van der Waals surface area contributed by atoms with Gasteiger partial charge in [-0.3, -0.25) is 0 Å². The van der Waals surface area contributed by atoms with Gasteiger partial charge in [-0.15, -0.1) is 0 Å². The zero-order valence-corrected chi connectivity index (χ0v) is 9.99. The smallest absolute Gasteiger partial charge is 0.201 e. The van der Waals surface area contributed by atoms with E-state index in [0.29, 0.717) is 11.3 Å². The molecule has 0 spiro atoms. The van der Waals surface area contributed by atoms with Gasteiger partial charge < -0.3 is 0 Å². The van der Waals surface area contributed by atoms with E-state index in [1.165, 1.54) is 6.07 Å². The predicted molar refractivity (Wildman–Crippen MR) is 71.9 cm³/mol. The van der Waals surface area contributed by atoms with Gasteiger partial charge in [0, 0.05) is 26.8 Å². The van der Waals surface area contributed by atoms with Crippen LogP contribution in [0.1, 0.15) is 40.3 Å². The summed E-state index contributed by atoms with van der Waals surface area (Å²) in [5, 5.41) is 0. The Balaban J connectivity index is 2.90. The molecule has 88 valence electrons. The van der Waals surface area contributed by atoms with Gasteiger partial charge in [-0.1, -0.05) is 31.9 Å². The van der Waals surface area contributed by atoms with Crippen LogP contribution in [0.5, 0.6) is 0 Å². The molecular formula is C16H20N+. The predicted octanol–water partition coefficient (Wildman–Crippen LogP) is 3.61. The number of rotatable bonds is 2. The maximum Gasteiger partial charge on any atom is 0.215 e. The van der Waals surface area contributed by atoms with Crippen molar-refractivity contribution in [2.45, 2.75) is 26.5 Å². The van der Waals surface area contributed by atoms with Crippen LogP contribution in [0.2, 0.25) is 0 Å². The van der Waals surface area contributed by atoms with Crippen molar-refractivity contribution >= 4 is 0 Å². The van der Waals surface area contributed by atoms with Gasteiger partial charge in [-0.2, -0.15) is 0 Å². The quantitative estimate of drug-likeness (QED) is 0.698. The van der Waals surface area contributed by atoms with Gasteiger partial charge in [-0.25, -0.2) is 4.57 Å². The van der Waals surface area contributed by atoms with E-state index in [1.807, 2.05) is 19.1 Å². The molecule has 0 aliphatic rings. The molecule has 0 bridgehead atoms. The van der Waals surface area contributed by atoms with E-state index >= 15 is 0 Å². The van der Waals surface area contributed by atoms with Gasteiger partial charge in [0.2, 0.25) is 5.69 Å². The summed E-state index contributed by atoms with van der Waals surface area (Å²) in [6.07, 6.45) is 1.71. The van der Waals surface area contributed by atoms with Gasteiger partial charge in [0.05, 0.1) is 0 Å². The van der Waals surface area contributed by atoms with Crippen LogP contribution >= 0.6 is 0 Å². The van der Waals surface area contributed by atoms with Gasteiger partial charge >= 0.3 is 0 Å². The Morgan fingerprint density at radius 3 is 2.65 bits per heavy atom. The lowest BCUT2D eigenvalue weighted by Crippen LogP contribution is -2.32. The third kappa shape index (κ3) is 2.23. The van der Waals surface area contributed by atoms with Crippen LogP contribution in [0.4, 0.5) is 0 Å². The third-order valence-corrected chi connectivity index (χ3v) is 2.85. The molecule has 0 unspecified atom stereocenters. The lowest BCUT2D eigenvalue weighted by molar-refractivity contribution is -0.660. The lowest BCUT2D eigenvalue weighted by atomic mass is 9.94. The Kier molecular flexibility index (Phi) is 1.61. The fraction of sp³-hybridized carbons (Fsp3) is 0.312. The number of benzene rings is 1. The first-order valence-electron chi connectivity index (χ1n) is 8.96. The first kappa shape index (κ1) is 5.81. The molecule has 2 aromatic rings. The molecule has 0 saturated carbocycles. The lowest BCUT2D eigenvalue weighted by Gasteiger charge is -2.11.